The van der Waals surface area contributed by atoms with E-state index in [2.05, 4.69) is 20.6 Å². The fourth-order valence-electron chi connectivity index (χ4n) is 1.77. The minimum Gasteiger partial charge on any atom is -0.383 e. The van der Waals surface area contributed by atoms with Gasteiger partial charge in [-0.05, 0) is 19.8 Å². The molecule has 1 aromatic heterocycles. The Balaban J connectivity index is 1.93. The molecule has 1 aliphatic carbocycles. The average Bonchev–Trinajstić information content (AvgIpc) is 3.25. The SMILES string of the molecule is COCCNC(=O)CNc1nc(C2CC2)nc(N)c1C. The van der Waals surface area contributed by atoms with Gasteiger partial charge in [0.15, 0.2) is 0 Å². The van der Waals surface area contributed by atoms with Crippen LogP contribution in [0.1, 0.15) is 30.1 Å². The van der Waals surface area contributed by atoms with Crippen LogP contribution in [0.3, 0.4) is 0 Å². The molecule has 1 fully saturated rings. The number of methoxy groups -OCH3 is 1. The Labute approximate surface area is 118 Å². The van der Waals surface area contributed by atoms with E-state index in [1.165, 1.54) is 0 Å². The monoisotopic (exact) mass is 279 g/mol. The number of nitrogens with two attached hydrogens (primary N) is 1. The summed E-state index contributed by atoms with van der Waals surface area (Å²) in [6, 6.07) is 0. The Bertz CT molecular complexity index is 488. The van der Waals surface area contributed by atoms with Gasteiger partial charge in [0.05, 0.1) is 13.2 Å². The Morgan fingerprint density at radius 1 is 1.45 bits per heavy atom. The van der Waals surface area contributed by atoms with Crippen LogP contribution >= 0.6 is 0 Å². The number of carbonyl (C=O) groups is 1. The zero-order chi connectivity index (χ0) is 14.5. The first kappa shape index (κ1) is 14.5. The first-order valence-corrected chi connectivity index (χ1v) is 6.75. The molecule has 1 aliphatic rings. The third kappa shape index (κ3) is 3.80. The van der Waals surface area contributed by atoms with Crippen LogP contribution in [0.4, 0.5) is 11.6 Å². The van der Waals surface area contributed by atoms with Crippen LogP contribution in [0.25, 0.3) is 0 Å². The number of amides is 1. The van der Waals surface area contributed by atoms with Gasteiger partial charge >= 0.3 is 0 Å². The highest BCUT2D eigenvalue weighted by Crippen LogP contribution is 2.39. The molecule has 0 unspecified atom stereocenters. The van der Waals surface area contributed by atoms with Crippen molar-refractivity contribution in [3.05, 3.63) is 11.4 Å². The third-order valence-electron chi connectivity index (χ3n) is 3.19. The number of nitrogen functional groups attached to an aromatic ring is 1. The van der Waals surface area contributed by atoms with Gasteiger partial charge in [0, 0.05) is 25.1 Å². The molecule has 0 bridgehead atoms. The smallest absolute Gasteiger partial charge is 0.239 e. The molecule has 0 aliphatic heterocycles. The summed E-state index contributed by atoms with van der Waals surface area (Å²) in [6.45, 7) is 2.99. The molecule has 0 saturated heterocycles. The summed E-state index contributed by atoms with van der Waals surface area (Å²) in [5, 5.41) is 5.76. The molecule has 20 heavy (non-hydrogen) atoms. The Hall–Kier alpha value is -1.89. The van der Waals surface area contributed by atoms with E-state index in [1.807, 2.05) is 6.92 Å². The van der Waals surface area contributed by atoms with Gasteiger partial charge in [0.2, 0.25) is 5.91 Å². The maximum Gasteiger partial charge on any atom is 0.239 e. The van der Waals surface area contributed by atoms with Crippen LogP contribution < -0.4 is 16.4 Å². The van der Waals surface area contributed by atoms with E-state index in [0.29, 0.717) is 30.7 Å². The standard InChI is InChI=1S/C13H21N5O2/c1-8-11(14)17-13(9-3-4-9)18-12(8)16-7-10(19)15-5-6-20-2/h9H,3-7H2,1-2H3,(H,15,19)(H3,14,16,17,18). The molecule has 1 amide bonds. The Kier molecular flexibility index (Phi) is 4.73. The van der Waals surface area contributed by atoms with Gasteiger partial charge in [-0.3, -0.25) is 4.79 Å². The van der Waals surface area contributed by atoms with Crippen molar-refractivity contribution in [2.45, 2.75) is 25.7 Å². The van der Waals surface area contributed by atoms with E-state index < -0.39 is 0 Å². The van der Waals surface area contributed by atoms with Gasteiger partial charge in [-0.2, -0.15) is 0 Å². The molecule has 110 valence electrons. The highest BCUT2D eigenvalue weighted by atomic mass is 16.5. The molecule has 0 spiro atoms. The highest BCUT2D eigenvalue weighted by molar-refractivity contribution is 5.80. The average molecular weight is 279 g/mol. The summed E-state index contributed by atoms with van der Waals surface area (Å²) in [7, 11) is 1.59. The molecule has 4 N–H and O–H groups in total. The second kappa shape index (κ2) is 6.51. The summed E-state index contributed by atoms with van der Waals surface area (Å²) >= 11 is 0. The van der Waals surface area contributed by atoms with Gasteiger partial charge in [-0.15, -0.1) is 0 Å². The Morgan fingerprint density at radius 3 is 2.85 bits per heavy atom. The van der Waals surface area contributed by atoms with Crippen molar-refractivity contribution in [2.24, 2.45) is 0 Å². The number of ether oxygens (including phenoxy) is 1. The number of rotatable bonds is 7. The minimum atomic E-state index is -0.105. The molecule has 1 saturated carbocycles. The largest absolute Gasteiger partial charge is 0.383 e. The van der Waals surface area contributed by atoms with E-state index in [0.717, 1.165) is 24.2 Å². The molecule has 1 aromatic rings. The zero-order valence-corrected chi connectivity index (χ0v) is 11.9. The fourth-order valence-corrected chi connectivity index (χ4v) is 1.77. The maximum absolute atomic E-state index is 11.6. The van der Waals surface area contributed by atoms with Crippen molar-refractivity contribution >= 4 is 17.5 Å². The molecule has 7 heteroatoms. The predicted octanol–water partition coefficient (Wildman–Crippen LogP) is 0.419. The lowest BCUT2D eigenvalue weighted by Crippen LogP contribution is -2.32. The van der Waals surface area contributed by atoms with Gasteiger partial charge in [-0.1, -0.05) is 0 Å². The molecule has 7 nitrogen and oxygen atoms in total. The zero-order valence-electron chi connectivity index (χ0n) is 11.9. The molecular formula is C13H21N5O2. The second-order valence-electron chi connectivity index (χ2n) is 4.91. The van der Waals surface area contributed by atoms with Gasteiger partial charge < -0.3 is 21.1 Å². The molecular weight excluding hydrogens is 258 g/mol. The number of hydrogen-bond acceptors (Lipinski definition) is 6. The normalized spacial score (nSPS) is 14.1. The number of nitrogens with zero attached hydrogens (tertiary/aromatic N) is 2. The second-order valence-corrected chi connectivity index (χ2v) is 4.91. The lowest BCUT2D eigenvalue weighted by molar-refractivity contribution is -0.119. The summed E-state index contributed by atoms with van der Waals surface area (Å²) < 4.78 is 4.87. The number of anilines is 2. The molecule has 0 aromatic carbocycles. The van der Waals surface area contributed by atoms with Crippen LogP contribution in [0.15, 0.2) is 0 Å². The summed E-state index contributed by atoms with van der Waals surface area (Å²) in [4.78, 5) is 20.4. The van der Waals surface area contributed by atoms with Crippen molar-refractivity contribution < 1.29 is 9.53 Å². The van der Waals surface area contributed by atoms with E-state index in [4.69, 9.17) is 10.5 Å². The summed E-state index contributed by atoms with van der Waals surface area (Å²) in [5.74, 6) is 2.21. The molecule has 0 atom stereocenters. The highest BCUT2D eigenvalue weighted by Gasteiger charge is 2.27. The molecule has 2 rings (SSSR count). The van der Waals surface area contributed by atoms with E-state index in [1.54, 1.807) is 7.11 Å². The van der Waals surface area contributed by atoms with Crippen molar-refractivity contribution in [3.8, 4) is 0 Å². The fraction of sp³-hybridized carbons (Fsp3) is 0.615. The van der Waals surface area contributed by atoms with Gasteiger partial charge in [-0.25, -0.2) is 9.97 Å². The van der Waals surface area contributed by atoms with E-state index >= 15 is 0 Å². The number of aromatic nitrogens is 2. The van der Waals surface area contributed by atoms with Crippen molar-refractivity contribution in [1.29, 1.82) is 0 Å². The van der Waals surface area contributed by atoms with E-state index in [-0.39, 0.29) is 12.5 Å². The quantitative estimate of drug-likeness (QED) is 0.625. The van der Waals surface area contributed by atoms with Crippen LogP contribution in [-0.4, -0.2) is 42.7 Å². The van der Waals surface area contributed by atoms with Gasteiger partial charge in [0.1, 0.15) is 17.5 Å². The third-order valence-corrected chi connectivity index (χ3v) is 3.19. The Morgan fingerprint density at radius 2 is 2.20 bits per heavy atom. The predicted molar refractivity (Wildman–Crippen MR) is 76.5 cm³/mol. The summed E-state index contributed by atoms with van der Waals surface area (Å²) in [6.07, 6.45) is 2.22. The van der Waals surface area contributed by atoms with Gasteiger partial charge in [0.25, 0.3) is 0 Å². The number of hydrogen-bond donors (Lipinski definition) is 3. The van der Waals surface area contributed by atoms with Crippen molar-refractivity contribution in [2.75, 3.05) is 37.9 Å². The number of carbonyl (C=O) groups excluding carboxylic acids is 1. The van der Waals surface area contributed by atoms with Crippen LogP contribution in [0.5, 0.6) is 0 Å². The van der Waals surface area contributed by atoms with Crippen LogP contribution in [0, 0.1) is 6.92 Å². The first-order valence-electron chi connectivity index (χ1n) is 6.75. The van der Waals surface area contributed by atoms with Crippen LogP contribution in [-0.2, 0) is 9.53 Å². The molecule has 1 heterocycles. The van der Waals surface area contributed by atoms with Crippen molar-refractivity contribution in [3.63, 3.8) is 0 Å². The topological polar surface area (TPSA) is 102 Å². The molecule has 0 radical (unpaired) electrons. The summed E-state index contributed by atoms with van der Waals surface area (Å²) in [5.41, 5.74) is 6.66. The van der Waals surface area contributed by atoms with Crippen LogP contribution in [0.2, 0.25) is 0 Å². The number of nitrogens with one attached hydrogen (secondary N) is 2. The van der Waals surface area contributed by atoms with E-state index in [9.17, 15) is 4.79 Å². The van der Waals surface area contributed by atoms with Crippen molar-refractivity contribution in [1.82, 2.24) is 15.3 Å². The first-order chi connectivity index (χ1) is 9.61. The lowest BCUT2D eigenvalue weighted by Gasteiger charge is -2.12. The minimum absolute atomic E-state index is 0.105. The maximum atomic E-state index is 11.6. The lowest BCUT2D eigenvalue weighted by atomic mass is 10.3.